The number of fused-ring (bicyclic) bond motifs is 1. The van der Waals surface area contributed by atoms with Crippen LogP contribution in [0.2, 0.25) is 5.02 Å². The summed E-state index contributed by atoms with van der Waals surface area (Å²) in [6.07, 6.45) is 2.24. The first kappa shape index (κ1) is 14.0. The highest BCUT2D eigenvalue weighted by Crippen LogP contribution is 2.31. The van der Waals surface area contributed by atoms with E-state index in [1.54, 1.807) is 6.26 Å². The van der Waals surface area contributed by atoms with E-state index in [0.717, 1.165) is 16.6 Å². The van der Waals surface area contributed by atoms with Gasteiger partial charge in [-0.05, 0) is 18.1 Å². The molecule has 0 atom stereocenters. The Bertz CT molecular complexity index is 732. The first-order valence-electron chi connectivity index (χ1n) is 6.97. The maximum Gasteiger partial charge on any atom is 0.140 e. The lowest BCUT2D eigenvalue weighted by Gasteiger charge is -2.07. The van der Waals surface area contributed by atoms with Crippen molar-refractivity contribution < 1.29 is 9.26 Å². The summed E-state index contributed by atoms with van der Waals surface area (Å²) in [5, 5.41) is 5.57. The molecule has 0 amide bonds. The Kier molecular flexibility index (Phi) is 3.88. The SMILES string of the molecule is CC(C)c1cc2cc(Cl)c(OCCc3ccon3)cc2[nH]1. The Labute approximate surface area is 128 Å². The van der Waals surface area contributed by atoms with Gasteiger partial charge in [-0.1, -0.05) is 30.6 Å². The van der Waals surface area contributed by atoms with Gasteiger partial charge in [0, 0.05) is 35.2 Å². The van der Waals surface area contributed by atoms with E-state index >= 15 is 0 Å². The zero-order valence-corrected chi connectivity index (χ0v) is 12.8. The minimum absolute atomic E-state index is 0.452. The molecular weight excluding hydrogens is 288 g/mol. The highest BCUT2D eigenvalue weighted by molar-refractivity contribution is 6.32. The van der Waals surface area contributed by atoms with Gasteiger partial charge >= 0.3 is 0 Å². The molecule has 0 bridgehead atoms. The number of aromatic nitrogens is 2. The highest BCUT2D eigenvalue weighted by Gasteiger charge is 2.09. The summed E-state index contributed by atoms with van der Waals surface area (Å²) in [5.41, 5.74) is 3.11. The Morgan fingerprint density at radius 3 is 2.90 bits per heavy atom. The fraction of sp³-hybridized carbons (Fsp3) is 0.312. The maximum absolute atomic E-state index is 6.28. The molecule has 0 unspecified atom stereocenters. The minimum Gasteiger partial charge on any atom is -0.492 e. The van der Waals surface area contributed by atoms with Crippen molar-refractivity contribution in [3.63, 3.8) is 0 Å². The monoisotopic (exact) mass is 304 g/mol. The number of hydrogen-bond donors (Lipinski definition) is 1. The molecule has 110 valence electrons. The molecule has 0 aliphatic carbocycles. The lowest BCUT2D eigenvalue weighted by molar-refractivity contribution is 0.316. The van der Waals surface area contributed by atoms with E-state index in [1.807, 2.05) is 18.2 Å². The van der Waals surface area contributed by atoms with Gasteiger partial charge in [0.15, 0.2) is 0 Å². The van der Waals surface area contributed by atoms with Crippen LogP contribution >= 0.6 is 11.6 Å². The summed E-state index contributed by atoms with van der Waals surface area (Å²) < 4.78 is 10.5. The van der Waals surface area contributed by atoms with E-state index in [-0.39, 0.29) is 0 Å². The maximum atomic E-state index is 6.28. The van der Waals surface area contributed by atoms with Crippen molar-refractivity contribution >= 4 is 22.5 Å². The quantitative estimate of drug-likeness (QED) is 0.752. The first-order valence-corrected chi connectivity index (χ1v) is 7.35. The van der Waals surface area contributed by atoms with Gasteiger partial charge in [0.05, 0.1) is 17.3 Å². The largest absolute Gasteiger partial charge is 0.492 e. The van der Waals surface area contributed by atoms with Crippen molar-refractivity contribution in [3.05, 3.63) is 46.9 Å². The fourth-order valence-corrected chi connectivity index (χ4v) is 2.44. The van der Waals surface area contributed by atoms with E-state index in [1.165, 1.54) is 5.69 Å². The zero-order chi connectivity index (χ0) is 14.8. The van der Waals surface area contributed by atoms with Gasteiger partial charge < -0.3 is 14.2 Å². The lowest BCUT2D eigenvalue weighted by atomic mass is 10.1. The highest BCUT2D eigenvalue weighted by atomic mass is 35.5. The van der Waals surface area contributed by atoms with Crippen molar-refractivity contribution in [1.29, 1.82) is 0 Å². The van der Waals surface area contributed by atoms with E-state index < -0.39 is 0 Å². The van der Waals surface area contributed by atoms with E-state index in [9.17, 15) is 0 Å². The van der Waals surface area contributed by atoms with Crippen molar-refractivity contribution in [2.24, 2.45) is 0 Å². The number of benzene rings is 1. The predicted octanol–water partition coefficient (Wildman–Crippen LogP) is 4.55. The van der Waals surface area contributed by atoms with Gasteiger partial charge in [-0.25, -0.2) is 0 Å². The number of aromatic amines is 1. The third kappa shape index (κ3) is 3.05. The van der Waals surface area contributed by atoms with Gasteiger partial charge in [0.2, 0.25) is 0 Å². The van der Waals surface area contributed by atoms with Crippen LogP contribution in [0.5, 0.6) is 5.75 Å². The van der Waals surface area contributed by atoms with E-state index in [0.29, 0.717) is 29.7 Å². The van der Waals surface area contributed by atoms with E-state index in [2.05, 4.69) is 30.1 Å². The molecule has 2 aromatic heterocycles. The van der Waals surface area contributed by atoms with Crippen molar-refractivity contribution in [2.75, 3.05) is 6.61 Å². The van der Waals surface area contributed by atoms with Crippen LogP contribution in [-0.2, 0) is 6.42 Å². The second-order valence-corrected chi connectivity index (χ2v) is 5.75. The Morgan fingerprint density at radius 2 is 2.19 bits per heavy atom. The standard InChI is InChI=1S/C16H17ClN2O2/c1-10(2)14-8-11-7-13(17)16(9-15(11)18-14)20-5-3-12-4-6-21-19-12/h4,6-10,18H,3,5H2,1-2H3. The Balaban J connectivity index is 1.76. The molecule has 0 fully saturated rings. The molecule has 5 heteroatoms. The Hall–Kier alpha value is -1.94. The summed E-state index contributed by atoms with van der Waals surface area (Å²) in [6, 6.07) is 7.84. The molecule has 21 heavy (non-hydrogen) atoms. The number of halogens is 1. The summed E-state index contributed by atoms with van der Waals surface area (Å²) >= 11 is 6.28. The lowest BCUT2D eigenvalue weighted by Crippen LogP contribution is -2.01. The summed E-state index contributed by atoms with van der Waals surface area (Å²) in [5.74, 6) is 1.14. The summed E-state index contributed by atoms with van der Waals surface area (Å²) in [6.45, 7) is 4.82. The molecule has 4 nitrogen and oxygen atoms in total. The molecule has 3 aromatic rings. The zero-order valence-electron chi connectivity index (χ0n) is 12.0. The molecule has 0 saturated carbocycles. The molecule has 0 aliphatic rings. The number of H-pyrrole nitrogens is 1. The molecule has 0 radical (unpaired) electrons. The van der Waals surface area contributed by atoms with Gasteiger partial charge in [-0.2, -0.15) is 0 Å². The van der Waals surface area contributed by atoms with Crippen molar-refractivity contribution in [3.8, 4) is 5.75 Å². The molecule has 0 aliphatic heterocycles. The number of nitrogens with one attached hydrogen (secondary N) is 1. The van der Waals surface area contributed by atoms with Gasteiger partial charge in [-0.3, -0.25) is 0 Å². The van der Waals surface area contributed by atoms with Crippen LogP contribution in [-0.4, -0.2) is 16.7 Å². The van der Waals surface area contributed by atoms with E-state index in [4.69, 9.17) is 20.9 Å². The summed E-state index contributed by atoms with van der Waals surface area (Å²) in [4.78, 5) is 3.40. The second-order valence-electron chi connectivity index (χ2n) is 5.34. The smallest absolute Gasteiger partial charge is 0.140 e. The predicted molar refractivity (Wildman–Crippen MR) is 83.1 cm³/mol. The summed E-state index contributed by atoms with van der Waals surface area (Å²) in [7, 11) is 0. The second kappa shape index (κ2) is 5.82. The van der Waals surface area contributed by atoms with Crippen LogP contribution in [0.25, 0.3) is 10.9 Å². The average molecular weight is 305 g/mol. The Morgan fingerprint density at radius 1 is 1.33 bits per heavy atom. The van der Waals surface area contributed by atoms with Crippen LogP contribution in [0, 0.1) is 0 Å². The van der Waals surface area contributed by atoms with Crippen molar-refractivity contribution in [2.45, 2.75) is 26.2 Å². The normalized spacial score (nSPS) is 11.4. The third-order valence-electron chi connectivity index (χ3n) is 3.42. The van der Waals surface area contributed by atoms with Crippen LogP contribution in [0.15, 0.2) is 35.1 Å². The minimum atomic E-state index is 0.452. The third-order valence-corrected chi connectivity index (χ3v) is 3.72. The number of ether oxygens (including phenoxy) is 1. The van der Waals surface area contributed by atoms with Gasteiger partial charge in [0.1, 0.15) is 12.0 Å². The molecule has 3 rings (SSSR count). The average Bonchev–Trinajstić information content (AvgIpc) is 3.07. The molecule has 1 aromatic carbocycles. The van der Waals surface area contributed by atoms with Crippen LogP contribution in [0.3, 0.4) is 0 Å². The van der Waals surface area contributed by atoms with Gasteiger partial charge in [-0.15, -0.1) is 0 Å². The molecular formula is C16H17ClN2O2. The molecule has 0 spiro atoms. The van der Waals surface area contributed by atoms with Crippen molar-refractivity contribution in [1.82, 2.24) is 10.1 Å². The molecule has 1 N–H and O–H groups in total. The fourth-order valence-electron chi connectivity index (χ4n) is 2.21. The number of rotatable bonds is 5. The topological polar surface area (TPSA) is 51.1 Å². The van der Waals surface area contributed by atoms with Crippen LogP contribution in [0.4, 0.5) is 0 Å². The number of hydrogen-bond acceptors (Lipinski definition) is 3. The first-order chi connectivity index (χ1) is 10.1. The molecule has 0 saturated heterocycles. The van der Waals surface area contributed by atoms with Crippen LogP contribution < -0.4 is 4.74 Å². The molecule has 2 heterocycles. The van der Waals surface area contributed by atoms with Gasteiger partial charge in [0.25, 0.3) is 0 Å². The van der Waals surface area contributed by atoms with Crippen LogP contribution in [0.1, 0.15) is 31.2 Å². The number of nitrogens with zero attached hydrogens (tertiary/aromatic N) is 1.